The molecule has 2 heterocycles. The van der Waals surface area contributed by atoms with E-state index < -0.39 is 23.8 Å². The molecule has 12 heteroatoms. The van der Waals surface area contributed by atoms with Gasteiger partial charge in [-0.25, -0.2) is 19.6 Å². The molecule has 1 aromatic heterocycles. The van der Waals surface area contributed by atoms with Crippen LogP contribution in [0.3, 0.4) is 0 Å². The minimum Gasteiger partial charge on any atom is -0.466 e. The summed E-state index contributed by atoms with van der Waals surface area (Å²) >= 11 is 0.924. The van der Waals surface area contributed by atoms with Crippen LogP contribution >= 0.6 is 11.8 Å². The van der Waals surface area contributed by atoms with Crippen molar-refractivity contribution < 1.29 is 33.4 Å². The average Bonchev–Trinajstić information content (AvgIpc) is 3.18. The van der Waals surface area contributed by atoms with Gasteiger partial charge in [-0.1, -0.05) is 0 Å². The number of amides is 1. The number of carbonyl (C=O) groups excluding carboxylic acids is 4. The van der Waals surface area contributed by atoms with Gasteiger partial charge >= 0.3 is 17.9 Å². The molecule has 156 valence electrons. The molecule has 1 saturated heterocycles. The van der Waals surface area contributed by atoms with Crippen molar-refractivity contribution in [3.8, 4) is 0 Å². The fraction of sp³-hybridized carbons (Fsp3) is 0.412. The number of rotatable bonds is 7. The molecule has 0 aromatic carbocycles. The Morgan fingerprint density at radius 3 is 2.55 bits per heavy atom. The van der Waals surface area contributed by atoms with Crippen LogP contribution in [0.25, 0.3) is 0 Å². The van der Waals surface area contributed by atoms with E-state index in [0.29, 0.717) is 0 Å². The second-order valence-electron chi connectivity index (χ2n) is 5.46. The first-order valence-electron chi connectivity index (χ1n) is 8.54. The summed E-state index contributed by atoms with van der Waals surface area (Å²) in [5.41, 5.74) is -0.0563. The van der Waals surface area contributed by atoms with Crippen molar-refractivity contribution in [3.63, 3.8) is 0 Å². The number of hydrogen-bond acceptors (Lipinski definition) is 10. The summed E-state index contributed by atoms with van der Waals surface area (Å²) in [5, 5.41) is 0.192. The highest BCUT2D eigenvalue weighted by molar-refractivity contribution is 8.18. The minimum atomic E-state index is -0.726. The fourth-order valence-electron chi connectivity index (χ4n) is 2.24. The van der Waals surface area contributed by atoms with Gasteiger partial charge in [-0.2, -0.15) is 0 Å². The molecular formula is C17H20N4O7S. The van der Waals surface area contributed by atoms with Crippen LogP contribution in [-0.4, -0.2) is 70.8 Å². The van der Waals surface area contributed by atoms with E-state index in [2.05, 4.69) is 14.7 Å². The number of methoxy groups -OCH3 is 1. The second-order valence-corrected chi connectivity index (χ2v) is 6.47. The maximum absolute atomic E-state index is 12.4. The molecule has 1 fully saturated rings. The Labute approximate surface area is 170 Å². The predicted octanol–water partition coefficient (Wildman–Crippen LogP) is 0.873. The van der Waals surface area contributed by atoms with Gasteiger partial charge in [-0.15, -0.1) is 0 Å². The number of aliphatic imine (C=N–C) groups is 1. The van der Waals surface area contributed by atoms with Gasteiger partial charge in [0.25, 0.3) is 5.91 Å². The molecule has 0 aliphatic carbocycles. The van der Waals surface area contributed by atoms with Crippen molar-refractivity contribution in [3.05, 3.63) is 23.0 Å². The second kappa shape index (κ2) is 9.87. The molecule has 2 rings (SSSR count). The van der Waals surface area contributed by atoms with Crippen LogP contribution in [0.5, 0.6) is 0 Å². The Balaban J connectivity index is 2.41. The number of nitrogens with zero attached hydrogens (tertiary/aromatic N) is 4. The quantitative estimate of drug-likeness (QED) is 0.355. The average molecular weight is 424 g/mol. The fourth-order valence-corrected chi connectivity index (χ4v) is 3.16. The third-order valence-electron chi connectivity index (χ3n) is 3.55. The SMILES string of the molecule is CCOC(=O)Cn1cnc(N=C2SC(=CC(=O)OC)C(=O)N2C)c1C(=O)OCC. The Kier molecular flexibility index (Phi) is 7.53. The topological polar surface area (TPSA) is 129 Å². The van der Waals surface area contributed by atoms with Gasteiger partial charge in [0.2, 0.25) is 0 Å². The number of ether oxygens (including phenoxy) is 3. The van der Waals surface area contributed by atoms with Gasteiger partial charge in [0.1, 0.15) is 6.54 Å². The number of aromatic nitrogens is 2. The van der Waals surface area contributed by atoms with Gasteiger partial charge in [0.05, 0.1) is 31.6 Å². The normalized spacial score (nSPS) is 16.4. The lowest BCUT2D eigenvalue weighted by Crippen LogP contribution is -2.24. The molecule has 0 bridgehead atoms. The molecule has 0 N–H and O–H groups in total. The number of thioether (sulfide) groups is 1. The standard InChI is InChI=1S/C17H20N4O7S/c1-5-27-12(23)8-21-9-18-14(13(21)16(25)28-6-2)19-17-20(3)15(24)10(29-17)7-11(22)26-4/h7,9H,5-6,8H2,1-4H3. The van der Waals surface area contributed by atoms with E-state index in [4.69, 9.17) is 9.47 Å². The maximum atomic E-state index is 12.4. The Bertz CT molecular complexity index is 890. The molecule has 0 unspecified atom stereocenters. The summed E-state index contributed by atoms with van der Waals surface area (Å²) in [6.07, 6.45) is 2.31. The highest BCUT2D eigenvalue weighted by Crippen LogP contribution is 2.32. The summed E-state index contributed by atoms with van der Waals surface area (Å²) in [6, 6.07) is 0. The predicted molar refractivity (Wildman–Crippen MR) is 102 cm³/mol. The van der Waals surface area contributed by atoms with Crippen LogP contribution < -0.4 is 0 Å². The lowest BCUT2D eigenvalue weighted by molar-refractivity contribution is -0.143. The first-order chi connectivity index (χ1) is 13.8. The van der Waals surface area contributed by atoms with Crippen LogP contribution in [0.4, 0.5) is 5.82 Å². The molecule has 0 saturated carbocycles. The number of likely N-dealkylation sites (N-methyl/N-ethyl adjacent to an activating group) is 1. The van der Waals surface area contributed by atoms with Crippen LogP contribution in [0, 0.1) is 0 Å². The first kappa shape index (κ1) is 22.1. The summed E-state index contributed by atoms with van der Waals surface area (Å²) < 4.78 is 15.7. The van der Waals surface area contributed by atoms with Gasteiger partial charge in [0, 0.05) is 13.1 Å². The third-order valence-corrected chi connectivity index (χ3v) is 4.61. The van der Waals surface area contributed by atoms with Crippen molar-refractivity contribution in [2.75, 3.05) is 27.4 Å². The van der Waals surface area contributed by atoms with E-state index in [1.54, 1.807) is 13.8 Å². The number of esters is 3. The smallest absolute Gasteiger partial charge is 0.358 e. The summed E-state index contributed by atoms with van der Waals surface area (Å²) in [5.74, 6) is -2.45. The van der Waals surface area contributed by atoms with Crippen molar-refractivity contribution in [1.29, 1.82) is 0 Å². The number of imidazole rings is 1. The Morgan fingerprint density at radius 1 is 1.24 bits per heavy atom. The van der Waals surface area contributed by atoms with Crippen molar-refractivity contribution >= 4 is 46.6 Å². The van der Waals surface area contributed by atoms with Crippen LogP contribution in [-0.2, 0) is 35.1 Å². The molecule has 0 radical (unpaired) electrons. The molecule has 1 aliphatic heterocycles. The molecule has 1 aromatic rings. The van der Waals surface area contributed by atoms with Crippen LogP contribution in [0.15, 0.2) is 22.3 Å². The van der Waals surface area contributed by atoms with E-state index in [1.165, 1.54) is 30.0 Å². The molecule has 0 atom stereocenters. The Hall–Kier alpha value is -3.15. The lowest BCUT2D eigenvalue weighted by Gasteiger charge is -2.09. The molecule has 1 amide bonds. The van der Waals surface area contributed by atoms with E-state index in [-0.39, 0.29) is 41.3 Å². The first-order valence-corrected chi connectivity index (χ1v) is 9.36. The summed E-state index contributed by atoms with van der Waals surface area (Å²) in [4.78, 5) is 57.5. The van der Waals surface area contributed by atoms with Gasteiger partial charge in [-0.3, -0.25) is 14.5 Å². The molecule has 0 spiro atoms. The highest BCUT2D eigenvalue weighted by atomic mass is 32.2. The van der Waals surface area contributed by atoms with Crippen molar-refractivity contribution in [2.45, 2.75) is 20.4 Å². The molecular weight excluding hydrogens is 404 g/mol. The number of amidine groups is 1. The third kappa shape index (κ3) is 5.22. The number of carbonyl (C=O) groups is 4. The minimum absolute atomic E-state index is 0.0331. The molecule has 1 aliphatic rings. The van der Waals surface area contributed by atoms with Crippen molar-refractivity contribution in [1.82, 2.24) is 14.5 Å². The zero-order chi connectivity index (χ0) is 21.6. The van der Waals surface area contributed by atoms with Crippen LogP contribution in [0.2, 0.25) is 0 Å². The molecule has 29 heavy (non-hydrogen) atoms. The van der Waals surface area contributed by atoms with E-state index in [1.807, 2.05) is 0 Å². The zero-order valence-corrected chi connectivity index (χ0v) is 17.1. The van der Waals surface area contributed by atoms with E-state index in [9.17, 15) is 19.2 Å². The van der Waals surface area contributed by atoms with E-state index in [0.717, 1.165) is 17.8 Å². The lowest BCUT2D eigenvalue weighted by atomic mass is 10.4. The van der Waals surface area contributed by atoms with Gasteiger partial charge < -0.3 is 18.8 Å². The highest BCUT2D eigenvalue weighted by Gasteiger charge is 2.32. The Morgan fingerprint density at radius 2 is 1.93 bits per heavy atom. The monoisotopic (exact) mass is 424 g/mol. The van der Waals surface area contributed by atoms with Gasteiger partial charge in [-0.05, 0) is 25.6 Å². The largest absolute Gasteiger partial charge is 0.466 e. The molecule has 11 nitrogen and oxygen atoms in total. The number of hydrogen-bond donors (Lipinski definition) is 0. The van der Waals surface area contributed by atoms with Gasteiger partial charge in [0.15, 0.2) is 16.7 Å². The zero-order valence-electron chi connectivity index (χ0n) is 16.3. The van der Waals surface area contributed by atoms with Crippen molar-refractivity contribution in [2.24, 2.45) is 4.99 Å². The maximum Gasteiger partial charge on any atom is 0.358 e. The van der Waals surface area contributed by atoms with Crippen LogP contribution in [0.1, 0.15) is 24.3 Å². The van der Waals surface area contributed by atoms with E-state index >= 15 is 0 Å². The summed E-state index contributed by atoms with van der Waals surface area (Å²) in [7, 11) is 2.66. The summed E-state index contributed by atoms with van der Waals surface area (Å²) in [6.45, 7) is 3.35.